The average Bonchev–Trinajstić information content (AvgIpc) is 3.19. The monoisotopic (exact) mass is 783 g/mol. The van der Waals surface area contributed by atoms with Crippen molar-refractivity contribution in [1.29, 1.82) is 0 Å². The number of rotatable bonds is 19. The summed E-state index contributed by atoms with van der Waals surface area (Å²) in [5.41, 5.74) is 2.55. The molecule has 4 amide bonds. The Morgan fingerprint density at radius 1 is 0.750 bits per heavy atom. The van der Waals surface area contributed by atoms with Gasteiger partial charge in [0.05, 0.1) is 23.5 Å². The number of benzene rings is 3. The number of likely N-dealkylation sites (N-methyl/N-ethyl adjacent to an activating group) is 1. The number of nitrogens with one attached hydrogen (secondary N) is 5. The molecule has 0 radical (unpaired) electrons. The van der Waals surface area contributed by atoms with E-state index in [1.165, 1.54) is 25.2 Å². The molecule has 0 saturated carbocycles. The van der Waals surface area contributed by atoms with E-state index < -0.39 is 46.0 Å². The molecule has 14 heteroatoms. The molecule has 0 fully saturated rings. The van der Waals surface area contributed by atoms with Gasteiger partial charge in [-0.2, -0.15) is 0 Å². The van der Waals surface area contributed by atoms with Crippen molar-refractivity contribution in [3.05, 3.63) is 131 Å². The topological polar surface area (TPSA) is 179 Å². The van der Waals surface area contributed by atoms with Crippen LogP contribution in [0.3, 0.4) is 0 Å². The minimum atomic E-state index is -3.94. The highest BCUT2D eigenvalue weighted by molar-refractivity contribution is 7.92. The van der Waals surface area contributed by atoms with Gasteiger partial charge in [-0.05, 0) is 74.1 Å². The number of pyridine rings is 1. The first-order valence-corrected chi connectivity index (χ1v) is 20.3. The van der Waals surface area contributed by atoms with Crippen LogP contribution in [0, 0.1) is 5.92 Å². The van der Waals surface area contributed by atoms with E-state index in [-0.39, 0.29) is 46.8 Å². The van der Waals surface area contributed by atoms with Gasteiger partial charge in [-0.25, -0.2) is 8.42 Å². The fourth-order valence-corrected chi connectivity index (χ4v) is 7.18. The SMILES string of the molecule is CCNC(=O)[C@@H](NC(=O)[C@H](C)NC[C@H](Cc1ccccc1)NC(=O)c1cc(C(=O)N[C@H](C)c2cccnc2)cc(N(C)S(=O)(=O)Cc2ccccc2)c1)C(C)C. The zero-order chi connectivity index (χ0) is 40.8. The van der Waals surface area contributed by atoms with Gasteiger partial charge >= 0.3 is 0 Å². The number of carbonyl (C=O) groups excluding carboxylic acids is 4. The normalized spacial score (nSPS) is 13.5. The second-order valence-electron chi connectivity index (χ2n) is 14.1. The molecule has 4 atom stereocenters. The lowest BCUT2D eigenvalue weighted by molar-refractivity contribution is -0.130. The van der Waals surface area contributed by atoms with Crippen molar-refractivity contribution in [2.45, 2.75) is 71.0 Å². The van der Waals surface area contributed by atoms with Crippen LogP contribution in [0.25, 0.3) is 0 Å². The fraction of sp³-hybridized carbons (Fsp3) is 0.357. The highest BCUT2D eigenvalue weighted by Crippen LogP contribution is 2.24. The lowest BCUT2D eigenvalue weighted by Crippen LogP contribution is -2.55. The molecular formula is C42H53N7O6S. The van der Waals surface area contributed by atoms with Crippen LogP contribution >= 0.6 is 0 Å². The molecule has 13 nitrogen and oxygen atoms in total. The number of hydrogen-bond acceptors (Lipinski definition) is 8. The zero-order valence-electron chi connectivity index (χ0n) is 32.8. The predicted molar refractivity (Wildman–Crippen MR) is 218 cm³/mol. The summed E-state index contributed by atoms with van der Waals surface area (Å²) >= 11 is 0. The van der Waals surface area contributed by atoms with Crippen molar-refractivity contribution in [3.63, 3.8) is 0 Å². The number of hydrogen-bond donors (Lipinski definition) is 5. The molecular weight excluding hydrogens is 731 g/mol. The molecule has 0 aliphatic heterocycles. The van der Waals surface area contributed by atoms with E-state index in [0.29, 0.717) is 18.5 Å². The summed E-state index contributed by atoms with van der Waals surface area (Å²) in [4.78, 5) is 57.8. The van der Waals surface area contributed by atoms with Crippen molar-refractivity contribution in [1.82, 2.24) is 31.6 Å². The summed E-state index contributed by atoms with van der Waals surface area (Å²) in [5, 5.41) is 14.8. The number of carbonyl (C=O) groups is 4. The Bertz CT molecular complexity index is 2030. The van der Waals surface area contributed by atoms with Gasteiger partial charge in [-0.3, -0.25) is 28.5 Å². The maximum absolute atomic E-state index is 14.1. The number of sulfonamides is 1. The molecule has 4 rings (SSSR count). The second kappa shape index (κ2) is 20.4. The van der Waals surface area contributed by atoms with E-state index in [1.54, 1.807) is 62.6 Å². The Morgan fingerprint density at radius 3 is 1.93 bits per heavy atom. The summed E-state index contributed by atoms with van der Waals surface area (Å²) in [6.45, 7) is 9.60. The molecule has 298 valence electrons. The Morgan fingerprint density at radius 2 is 1.36 bits per heavy atom. The van der Waals surface area contributed by atoms with Crippen molar-refractivity contribution < 1.29 is 27.6 Å². The number of nitrogens with zero attached hydrogens (tertiary/aromatic N) is 2. The maximum Gasteiger partial charge on any atom is 0.251 e. The van der Waals surface area contributed by atoms with E-state index in [1.807, 2.05) is 57.2 Å². The van der Waals surface area contributed by atoms with E-state index >= 15 is 0 Å². The molecule has 0 aliphatic carbocycles. The number of amides is 4. The highest BCUT2D eigenvalue weighted by atomic mass is 32.2. The summed E-state index contributed by atoms with van der Waals surface area (Å²) in [6, 6.07) is 23.7. The van der Waals surface area contributed by atoms with Crippen LogP contribution in [0.15, 0.2) is 103 Å². The Hall–Kier alpha value is -5.60. The van der Waals surface area contributed by atoms with Crippen LogP contribution in [-0.2, 0) is 31.8 Å². The van der Waals surface area contributed by atoms with Crippen molar-refractivity contribution in [2.75, 3.05) is 24.4 Å². The first kappa shape index (κ1) is 43.1. The third kappa shape index (κ3) is 12.5. The van der Waals surface area contributed by atoms with Crippen LogP contribution < -0.4 is 30.9 Å². The van der Waals surface area contributed by atoms with Gasteiger partial charge < -0.3 is 26.6 Å². The van der Waals surface area contributed by atoms with Crippen LogP contribution in [0.2, 0.25) is 0 Å². The lowest BCUT2D eigenvalue weighted by atomic mass is 10.0. The second-order valence-corrected chi connectivity index (χ2v) is 16.1. The smallest absolute Gasteiger partial charge is 0.251 e. The van der Waals surface area contributed by atoms with Gasteiger partial charge in [-0.1, -0.05) is 80.6 Å². The maximum atomic E-state index is 14.1. The third-order valence-electron chi connectivity index (χ3n) is 9.27. The molecule has 0 spiro atoms. The first-order valence-electron chi connectivity index (χ1n) is 18.7. The highest BCUT2D eigenvalue weighted by Gasteiger charge is 2.27. The summed E-state index contributed by atoms with van der Waals surface area (Å²) in [7, 11) is -2.55. The van der Waals surface area contributed by atoms with Crippen molar-refractivity contribution >= 4 is 39.3 Å². The molecule has 4 aromatic rings. The summed E-state index contributed by atoms with van der Waals surface area (Å²) < 4.78 is 28.4. The number of anilines is 1. The molecule has 1 heterocycles. The van der Waals surface area contributed by atoms with Gasteiger partial charge in [0, 0.05) is 49.7 Å². The van der Waals surface area contributed by atoms with Gasteiger partial charge in [0.25, 0.3) is 11.8 Å². The number of aromatic nitrogens is 1. The van der Waals surface area contributed by atoms with Gasteiger partial charge in [0.2, 0.25) is 21.8 Å². The van der Waals surface area contributed by atoms with E-state index in [2.05, 4.69) is 31.6 Å². The molecule has 0 saturated heterocycles. The average molecular weight is 784 g/mol. The fourth-order valence-electron chi connectivity index (χ4n) is 5.94. The lowest BCUT2D eigenvalue weighted by Gasteiger charge is -2.26. The van der Waals surface area contributed by atoms with E-state index in [9.17, 15) is 27.6 Å². The van der Waals surface area contributed by atoms with Crippen molar-refractivity contribution in [2.24, 2.45) is 5.92 Å². The van der Waals surface area contributed by atoms with Crippen LogP contribution in [0.5, 0.6) is 0 Å². The Balaban J connectivity index is 1.62. The van der Waals surface area contributed by atoms with Crippen LogP contribution in [0.4, 0.5) is 5.69 Å². The molecule has 0 unspecified atom stereocenters. The zero-order valence-corrected chi connectivity index (χ0v) is 33.6. The third-order valence-corrected chi connectivity index (χ3v) is 11.0. The standard InChI is InChI=1S/C42H53N7O6S/c1-7-44-42(53)38(28(2)3)48-39(50)30(5)45-26-36(21-31-15-10-8-11-16-31)47-41(52)35-22-34(40(51)46-29(4)33-19-14-20-43-25-33)23-37(24-35)49(6)56(54,55)27-32-17-12-9-13-18-32/h8-20,22-25,28-30,36,38,45H,7,21,26-27H2,1-6H3,(H,44,53)(H,46,51)(H,47,52)(H,48,50)/t29-,30+,36+,38+/m1/s1. The Kier molecular flexibility index (Phi) is 15.7. The quantitative estimate of drug-likeness (QED) is 0.0943. The van der Waals surface area contributed by atoms with Crippen molar-refractivity contribution in [3.8, 4) is 0 Å². The van der Waals surface area contributed by atoms with Gasteiger partial charge in [0.15, 0.2) is 0 Å². The van der Waals surface area contributed by atoms with E-state index in [4.69, 9.17) is 0 Å². The Labute approximate surface area is 330 Å². The summed E-state index contributed by atoms with van der Waals surface area (Å²) in [5.74, 6) is -2.14. The molecule has 56 heavy (non-hydrogen) atoms. The minimum absolute atomic E-state index is 0.0639. The largest absolute Gasteiger partial charge is 0.355 e. The van der Waals surface area contributed by atoms with E-state index in [0.717, 1.165) is 15.4 Å². The van der Waals surface area contributed by atoms with Gasteiger partial charge in [-0.15, -0.1) is 0 Å². The predicted octanol–water partition coefficient (Wildman–Crippen LogP) is 4.13. The molecule has 3 aromatic carbocycles. The van der Waals surface area contributed by atoms with Crippen LogP contribution in [0.1, 0.15) is 78.1 Å². The molecule has 0 bridgehead atoms. The van der Waals surface area contributed by atoms with Crippen LogP contribution in [-0.4, -0.2) is 75.3 Å². The molecule has 1 aromatic heterocycles. The minimum Gasteiger partial charge on any atom is -0.355 e. The molecule has 5 N–H and O–H groups in total. The first-order chi connectivity index (χ1) is 26.7. The van der Waals surface area contributed by atoms with Gasteiger partial charge in [0.1, 0.15) is 6.04 Å². The summed E-state index contributed by atoms with van der Waals surface area (Å²) in [6.07, 6.45) is 3.66. The molecule has 0 aliphatic rings.